The molecule has 6 aromatic rings. The Kier molecular flexibility index (Phi) is 6.75. The lowest BCUT2D eigenvalue weighted by molar-refractivity contribution is 0.264. The summed E-state index contributed by atoms with van der Waals surface area (Å²) in [6.07, 6.45) is 14.7. The topological polar surface area (TPSA) is 8.17 Å². The molecule has 5 aromatic carbocycles. The molecule has 0 bridgehead atoms. The number of nitrogens with zero attached hydrogens (tertiary/aromatic N) is 2. The van der Waals surface area contributed by atoms with Gasteiger partial charge < -0.3 is 9.47 Å². The second kappa shape index (κ2) is 11.1. The Bertz CT molecular complexity index is 2360. The van der Waals surface area contributed by atoms with Crippen LogP contribution in [0.25, 0.3) is 38.5 Å². The zero-order valence-corrected chi connectivity index (χ0v) is 28.8. The molecule has 49 heavy (non-hydrogen) atoms. The van der Waals surface area contributed by atoms with Crippen LogP contribution in [0.1, 0.15) is 51.3 Å². The van der Waals surface area contributed by atoms with E-state index in [1.165, 1.54) is 66.7 Å². The quantitative estimate of drug-likeness (QED) is 0.183. The van der Waals surface area contributed by atoms with Crippen LogP contribution in [0.2, 0.25) is 0 Å². The van der Waals surface area contributed by atoms with Crippen LogP contribution in [0.3, 0.4) is 0 Å². The molecule has 3 atom stereocenters. The van der Waals surface area contributed by atoms with Gasteiger partial charge in [-0.15, -0.1) is 0 Å². The van der Waals surface area contributed by atoms with Crippen LogP contribution in [0.4, 0.5) is 11.4 Å². The van der Waals surface area contributed by atoms with Crippen molar-refractivity contribution in [2.75, 3.05) is 4.90 Å². The molecule has 0 radical (unpaired) electrons. The minimum Gasteiger partial charge on any atom is -0.333 e. The molecular weight excluding hydrogens is 593 g/mol. The molecule has 0 spiro atoms. The number of para-hydroxylation sites is 2. The molecule has 9 rings (SSSR count). The largest absolute Gasteiger partial charge is 0.333 e. The summed E-state index contributed by atoms with van der Waals surface area (Å²) < 4.78 is 2.53. The normalized spacial score (nSPS) is 22.1. The van der Waals surface area contributed by atoms with Crippen molar-refractivity contribution in [2.24, 2.45) is 11.3 Å². The summed E-state index contributed by atoms with van der Waals surface area (Å²) in [4.78, 5) is 2.46. The van der Waals surface area contributed by atoms with Gasteiger partial charge in [0.25, 0.3) is 0 Å². The van der Waals surface area contributed by atoms with Crippen molar-refractivity contribution in [3.05, 3.63) is 175 Å². The second-order valence-corrected chi connectivity index (χ2v) is 14.9. The molecule has 0 saturated carbocycles. The molecule has 3 aliphatic rings. The molecule has 0 amide bonds. The van der Waals surface area contributed by atoms with E-state index in [0.717, 1.165) is 6.42 Å². The second-order valence-electron chi connectivity index (χ2n) is 14.9. The van der Waals surface area contributed by atoms with Gasteiger partial charge in [0, 0.05) is 49.7 Å². The Morgan fingerprint density at radius 3 is 2.12 bits per heavy atom. The number of aromatic nitrogens is 1. The Hall–Kier alpha value is -5.34. The molecule has 3 aliphatic carbocycles. The highest BCUT2D eigenvalue weighted by Crippen LogP contribution is 2.62. The average molecular weight is 635 g/mol. The first-order valence-electron chi connectivity index (χ1n) is 17.7. The molecule has 2 nitrogen and oxygen atoms in total. The summed E-state index contributed by atoms with van der Waals surface area (Å²) in [5.41, 5.74) is 13.1. The monoisotopic (exact) mass is 634 g/mol. The fourth-order valence-electron chi connectivity index (χ4n) is 8.93. The van der Waals surface area contributed by atoms with Crippen LogP contribution < -0.4 is 4.90 Å². The van der Waals surface area contributed by atoms with E-state index in [4.69, 9.17) is 0 Å². The average Bonchev–Trinajstić information content (AvgIpc) is 3.55. The smallest absolute Gasteiger partial charge is 0.0585 e. The Labute approximate surface area is 290 Å². The van der Waals surface area contributed by atoms with Crippen molar-refractivity contribution in [1.82, 2.24) is 4.57 Å². The predicted octanol–water partition coefficient (Wildman–Crippen LogP) is 12.6. The molecule has 1 heterocycles. The van der Waals surface area contributed by atoms with Gasteiger partial charge in [-0.25, -0.2) is 0 Å². The van der Waals surface area contributed by atoms with E-state index in [1.54, 1.807) is 0 Å². The van der Waals surface area contributed by atoms with E-state index in [9.17, 15) is 0 Å². The molecule has 0 aliphatic heterocycles. The van der Waals surface area contributed by atoms with Crippen molar-refractivity contribution in [3.63, 3.8) is 0 Å². The van der Waals surface area contributed by atoms with Gasteiger partial charge in [-0.05, 0) is 88.7 Å². The predicted molar refractivity (Wildman–Crippen MR) is 208 cm³/mol. The lowest BCUT2D eigenvalue weighted by Gasteiger charge is -2.44. The minimum atomic E-state index is -0.0101. The zero-order chi connectivity index (χ0) is 33.3. The van der Waals surface area contributed by atoms with Crippen molar-refractivity contribution in [2.45, 2.75) is 45.6 Å². The molecule has 2 heteroatoms. The first kappa shape index (κ1) is 29.8. The SMILES string of the molecule is CC1C=CC=CC1n1c2ccccc2c2cc(-c3ccc(N(C4=CC=C5c6ccccc6C(C)(C)C5(C)C4)c4ccccc4)cc3)ccc21. The maximum absolute atomic E-state index is 2.53. The van der Waals surface area contributed by atoms with Crippen LogP contribution >= 0.6 is 0 Å². The number of fused-ring (bicyclic) bond motifs is 6. The third-order valence-electron chi connectivity index (χ3n) is 12.0. The van der Waals surface area contributed by atoms with Gasteiger partial charge in [-0.3, -0.25) is 0 Å². The van der Waals surface area contributed by atoms with E-state index in [2.05, 4.69) is 195 Å². The van der Waals surface area contributed by atoms with Gasteiger partial charge in [0.15, 0.2) is 0 Å². The maximum Gasteiger partial charge on any atom is 0.0585 e. The number of benzene rings is 5. The highest BCUT2D eigenvalue weighted by atomic mass is 15.2. The van der Waals surface area contributed by atoms with Crippen LogP contribution in [-0.2, 0) is 5.41 Å². The van der Waals surface area contributed by atoms with E-state index in [-0.39, 0.29) is 10.8 Å². The lowest BCUT2D eigenvalue weighted by Crippen LogP contribution is -2.38. The van der Waals surface area contributed by atoms with Crippen molar-refractivity contribution in [1.29, 1.82) is 0 Å². The number of anilines is 2. The molecule has 0 fully saturated rings. The van der Waals surface area contributed by atoms with Crippen molar-refractivity contribution >= 4 is 38.8 Å². The van der Waals surface area contributed by atoms with E-state index in [0.29, 0.717) is 12.0 Å². The minimum absolute atomic E-state index is 0.0101. The number of hydrogen-bond acceptors (Lipinski definition) is 1. The highest BCUT2D eigenvalue weighted by molar-refractivity contribution is 6.09. The van der Waals surface area contributed by atoms with Crippen molar-refractivity contribution in [3.8, 4) is 11.1 Å². The maximum atomic E-state index is 2.53. The third kappa shape index (κ3) is 4.47. The number of hydrogen-bond donors (Lipinski definition) is 0. The summed E-state index contributed by atoms with van der Waals surface area (Å²) in [6.45, 7) is 9.63. The van der Waals surface area contributed by atoms with E-state index in [1.807, 2.05) is 0 Å². The first-order chi connectivity index (χ1) is 23.8. The molecule has 0 saturated heterocycles. The number of allylic oxidation sites excluding steroid dienone is 8. The summed E-state index contributed by atoms with van der Waals surface area (Å²) in [5, 5.41) is 2.62. The Morgan fingerprint density at radius 2 is 1.31 bits per heavy atom. The molecule has 3 unspecified atom stereocenters. The molecular formula is C47H42N2. The van der Waals surface area contributed by atoms with Crippen LogP contribution in [0.15, 0.2) is 163 Å². The van der Waals surface area contributed by atoms with Crippen LogP contribution in [0, 0.1) is 11.3 Å². The molecule has 1 aromatic heterocycles. The summed E-state index contributed by atoms with van der Waals surface area (Å²) in [6, 6.07) is 45.2. The first-order valence-corrected chi connectivity index (χ1v) is 17.7. The van der Waals surface area contributed by atoms with Gasteiger partial charge in [0.1, 0.15) is 0 Å². The standard InChI is InChI=1S/C47H42N2/c1-32-14-8-12-20-43(32)49-44-21-13-10-17-38(44)40-30-34(24-29-45(40)49)33-22-25-36(26-23-33)48(35-15-6-5-7-16-35)37-27-28-42-39-18-9-11-19-41(39)46(2,3)47(42,4)31-37/h5-30,32,43H,31H2,1-4H3. The van der Waals surface area contributed by atoms with Gasteiger partial charge in [0.2, 0.25) is 0 Å². The summed E-state index contributed by atoms with van der Waals surface area (Å²) in [5.74, 6) is 0.433. The number of rotatable bonds is 5. The third-order valence-corrected chi connectivity index (χ3v) is 12.0. The van der Waals surface area contributed by atoms with Gasteiger partial charge in [-0.2, -0.15) is 0 Å². The summed E-state index contributed by atoms with van der Waals surface area (Å²) >= 11 is 0. The highest BCUT2D eigenvalue weighted by Gasteiger charge is 2.53. The van der Waals surface area contributed by atoms with E-state index < -0.39 is 0 Å². The van der Waals surface area contributed by atoms with Crippen LogP contribution in [0.5, 0.6) is 0 Å². The van der Waals surface area contributed by atoms with Gasteiger partial charge in [-0.1, -0.05) is 137 Å². The van der Waals surface area contributed by atoms with Crippen molar-refractivity contribution < 1.29 is 0 Å². The van der Waals surface area contributed by atoms with Gasteiger partial charge >= 0.3 is 0 Å². The lowest BCUT2D eigenvalue weighted by atomic mass is 9.62. The zero-order valence-electron chi connectivity index (χ0n) is 28.8. The molecule has 240 valence electrons. The van der Waals surface area contributed by atoms with Crippen LogP contribution in [-0.4, -0.2) is 4.57 Å². The fourth-order valence-corrected chi connectivity index (χ4v) is 8.93. The van der Waals surface area contributed by atoms with E-state index >= 15 is 0 Å². The Balaban J connectivity index is 1.11. The fraction of sp³-hybridized carbons (Fsp3) is 0.191. The van der Waals surface area contributed by atoms with Gasteiger partial charge in [0.05, 0.1) is 6.04 Å². The molecule has 0 N–H and O–H groups in total. The Morgan fingerprint density at radius 1 is 0.633 bits per heavy atom. The summed E-state index contributed by atoms with van der Waals surface area (Å²) in [7, 11) is 0.